The van der Waals surface area contributed by atoms with Gasteiger partial charge in [-0.25, -0.2) is 4.98 Å². The Labute approximate surface area is 157 Å². The Morgan fingerprint density at radius 1 is 1.07 bits per heavy atom. The molecular weight excluding hydrogens is 342 g/mol. The number of nitrogens with one attached hydrogen (secondary N) is 2. The summed E-state index contributed by atoms with van der Waals surface area (Å²) in [6, 6.07) is 9.06. The van der Waals surface area contributed by atoms with Gasteiger partial charge in [0.25, 0.3) is 11.8 Å². The van der Waals surface area contributed by atoms with E-state index in [1.807, 2.05) is 18.2 Å². The fourth-order valence-corrected chi connectivity index (χ4v) is 2.69. The maximum Gasteiger partial charge on any atom is 0.287 e. The zero-order valence-corrected chi connectivity index (χ0v) is 15.5. The SMILES string of the molecule is CC(C)CCNC(=O)c1nc(C(=O)NCc2ccncc2)n2ccccc12. The van der Waals surface area contributed by atoms with Crippen molar-refractivity contribution in [1.29, 1.82) is 0 Å². The molecule has 0 spiro atoms. The molecule has 0 bridgehead atoms. The van der Waals surface area contributed by atoms with Gasteiger partial charge in [0.2, 0.25) is 5.82 Å². The lowest BCUT2D eigenvalue weighted by Gasteiger charge is -2.05. The van der Waals surface area contributed by atoms with Crippen LogP contribution in [0.25, 0.3) is 5.52 Å². The van der Waals surface area contributed by atoms with Crippen LogP contribution in [0.1, 0.15) is 46.9 Å². The third kappa shape index (κ3) is 4.49. The highest BCUT2D eigenvalue weighted by Crippen LogP contribution is 2.14. The Kier molecular flexibility index (Phi) is 5.80. The first-order valence-electron chi connectivity index (χ1n) is 8.98. The van der Waals surface area contributed by atoms with Crippen molar-refractivity contribution < 1.29 is 9.59 Å². The Morgan fingerprint density at radius 2 is 1.85 bits per heavy atom. The molecule has 0 aromatic carbocycles. The van der Waals surface area contributed by atoms with E-state index in [1.54, 1.807) is 35.1 Å². The molecule has 7 nitrogen and oxygen atoms in total. The predicted molar refractivity (Wildman–Crippen MR) is 102 cm³/mol. The third-order valence-electron chi connectivity index (χ3n) is 4.18. The van der Waals surface area contributed by atoms with Gasteiger partial charge in [0.15, 0.2) is 5.69 Å². The van der Waals surface area contributed by atoms with Gasteiger partial charge in [0.1, 0.15) is 0 Å². The summed E-state index contributed by atoms with van der Waals surface area (Å²) >= 11 is 0. The van der Waals surface area contributed by atoms with Crippen LogP contribution in [0, 0.1) is 5.92 Å². The lowest BCUT2D eigenvalue weighted by molar-refractivity contribution is 0.0939. The molecule has 0 radical (unpaired) electrons. The summed E-state index contributed by atoms with van der Waals surface area (Å²) in [6.07, 6.45) is 5.96. The first kappa shape index (κ1) is 18.6. The molecule has 0 unspecified atom stereocenters. The number of amides is 2. The van der Waals surface area contributed by atoms with E-state index in [0.29, 0.717) is 24.5 Å². The van der Waals surface area contributed by atoms with Crippen molar-refractivity contribution in [2.24, 2.45) is 5.92 Å². The predicted octanol–water partition coefficient (Wildman–Crippen LogP) is 2.44. The van der Waals surface area contributed by atoms with E-state index in [1.165, 1.54) is 0 Å². The maximum atomic E-state index is 12.6. The van der Waals surface area contributed by atoms with Crippen LogP contribution in [-0.2, 0) is 6.54 Å². The van der Waals surface area contributed by atoms with Crippen molar-refractivity contribution in [3.63, 3.8) is 0 Å². The van der Waals surface area contributed by atoms with Gasteiger partial charge in [-0.05, 0) is 42.2 Å². The summed E-state index contributed by atoms with van der Waals surface area (Å²) in [5, 5.41) is 5.72. The number of fused-ring (bicyclic) bond motifs is 1. The second-order valence-corrected chi connectivity index (χ2v) is 6.72. The molecule has 0 aliphatic heterocycles. The fraction of sp³-hybridized carbons (Fsp3) is 0.300. The molecule has 140 valence electrons. The summed E-state index contributed by atoms with van der Waals surface area (Å²) in [5.41, 5.74) is 1.80. The molecular formula is C20H23N5O2. The van der Waals surface area contributed by atoms with Crippen LogP contribution >= 0.6 is 0 Å². The second kappa shape index (κ2) is 8.44. The monoisotopic (exact) mass is 365 g/mol. The number of carbonyl (C=O) groups excluding carboxylic acids is 2. The largest absolute Gasteiger partial charge is 0.351 e. The molecule has 3 rings (SSSR count). The maximum absolute atomic E-state index is 12.6. The van der Waals surface area contributed by atoms with Crippen molar-refractivity contribution in [3.8, 4) is 0 Å². The standard InChI is InChI=1S/C20H23N5O2/c1-14(2)6-11-22-19(26)17-16-5-3-4-12-25(16)18(24-17)20(27)23-13-15-7-9-21-10-8-15/h3-5,7-10,12,14H,6,11,13H2,1-2H3,(H,22,26)(H,23,27). The van der Waals surface area contributed by atoms with Crippen LogP contribution in [0.4, 0.5) is 0 Å². The van der Waals surface area contributed by atoms with E-state index in [9.17, 15) is 9.59 Å². The van der Waals surface area contributed by atoms with Crippen LogP contribution in [0.3, 0.4) is 0 Å². The number of rotatable bonds is 7. The highest BCUT2D eigenvalue weighted by atomic mass is 16.2. The summed E-state index contributed by atoms with van der Waals surface area (Å²) in [7, 11) is 0. The molecule has 0 saturated carbocycles. The van der Waals surface area contributed by atoms with E-state index in [4.69, 9.17) is 0 Å². The summed E-state index contributed by atoms with van der Waals surface area (Å²) < 4.78 is 1.64. The summed E-state index contributed by atoms with van der Waals surface area (Å²) in [4.78, 5) is 33.4. The van der Waals surface area contributed by atoms with E-state index in [2.05, 4.69) is 34.4 Å². The minimum Gasteiger partial charge on any atom is -0.351 e. The molecule has 0 aliphatic rings. The lowest BCUT2D eigenvalue weighted by atomic mass is 10.1. The molecule has 0 aliphatic carbocycles. The first-order chi connectivity index (χ1) is 13.1. The number of nitrogens with zero attached hydrogens (tertiary/aromatic N) is 3. The zero-order chi connectivity index (χ0) is 19.2. The number of hydrogen-bond acceptors (Lipinski definition) is 4. The number of hydrogen-bond donors (Lipinski definition) is 2. The van der Waals surface area contributed by atoms with Gasteiger partial charge in [-0.3, -0.25) is 19.0 Å². The Bertz CT molecular complexity index is 934. The van der Waals surface area contributed by atoms with Gasteiger partial charge in [0.05, 0.1) is 5.52 Å². The molecule has 27 heavy (non-hydrogen) atoms. The molecule has 2 amide bonds. The van der Waals surface area contributed by atoms with Gasteiger partial charge < -0.3 is 10.6 Å². The molecule has 3 aromatic rings. The Hall–Kier alpha value is -3.22. The molecule has 3 aromatic heterocycles. The normalized spacial score (nSPS) is 10.9. The first-order valence-corrected chi connectivity index (χ1v) is 8.98. The van der Waals surface area contributed by atoms with Crippen molar-refractivity contribution in [2.75, 3.05) is 6.54 Å². The molecule has 0 fully saturated rings. The van der Waals surface area contributed by atoms with Crippen molar-refractivity contribution in [1.82, 2.24) is 25.0 Å². The van der Waals surface area contributed by atoms with Gasteiger partial charge >= 0.3 is 0 Å². The average molecular weight is 365 g/mol. The van der Waals surface area contributed by atoms with Crippen LogP contribution in [0.2, 0.25) is 0 Å². The number of pyridine rings is 2. The van der Waals surface area contributed by atoms with E-state index < -0.39 is 0 Å². The Morgan fingerprint density at radius 3 is 2.59 bits per heavy atom. The highest BCUT2D eigenvalue weighted by Gasteiger charge is 2.21. The van der Waals surface area contributed by atoms with Crippen molar-refractivity contribution >= 4 is 17.3 Å². The van der Waals surface area contributed by atoms with E-state index in [-0.39, 0.29) is 23.3 Å². The second-order valence-electron chi connectivity index (χ2n) is 6.72. The third-order valence-corrected chi connectivity index (χ3v) is 4.18. The summed E-state index contributed by atoms with van der Waals surface area (Å²) in [5.74, 6) is 0.0778. The highest BCUT2D eigenvalue weighted by molar-refractivity contribution is 6.02. The molecule has 7 heteroatoms. The zero-order valence-electron chi connectivity index (χ0n) is 15.5. The van der Waals surface area contributed by atoms with Crippen LogP contribution in [-0.4, -0.2) is 32.7 Å². The number of aromatic nitrogens is 3. The van der Waals surface area contributed by atoms with Crippen LogP contribution in [0.5, 0.6) is 0 Å². The average Bonchev–Trinajstić information content (AvgIpc) is 3.06. The lowest BCUT2D eigenvalue weighted by Crippen LogP contribution is -2.27. The fourth-order valence-electron chi connectivity index (χ4n) is 2.69. The van der Waals surface area contributed by atoms with Gasteiger partial charge in [0, 0.05) is 31.7 Å². The quantitative estimate of drug-likeness (QED) is 0.673. The molecule has 0 atom stereocenters. The van der Waals surface area contributed by atoms with Gasteiger partial charge in [-0.2, -0.15) is 0 Å². The Balaban J connectivity index is 1.79. The minimum absolute atomic E-state index is 0.189. The topological polar surface area (TPSA) is 88.4 Å². The minimum atomic E-state index is -0.339. The van der Waals surface area contributed by atoms with Gasteiger partial charge in [-0.15, -0.1) is 0 Å². The summed E-state index contributed by atoms with van der Waals surface area (Å²) in [6.45, 7) is 5.14. The van der Waals surface area contributed by atoms with Crippen LogP contribution < -0.4 is 10.6 Å². The number of carbonyl (C=O) groups is 2. The number of imidazole rings is 1. The van der Waals surface area contributed by atoms with E-state index in [0.717, 1.165) is 12.0 Å². The van der Waals surface area contributed by atoms with Crippen LogP contribution in [0.15, 0.2) is 48.9 Å². The molecule has 3 heterocycles. The molecule has 0 saturated heterocycles. The van der Waals surface area contributed by atoms with Crippen molar-refractivity contribution in [3.05, 3.63) is 66.0 Å². The van der Waals surface area contributed by atoms with Crippen molar-refractivity contribution in [2.45, 2.75) is 26.8 Å². The van der Waals surface area contributed by atoms with Gasteiger partial charge in [-0.1, -0.05) is 19.9 Å². The molecule has 2 N–H and O–H groups in total. The van der Waals surface area contributed by atoms with E-state index >= 15 is 0 Å². The smallest absolute Gasteiger partial charge is 0.287 e.